The Labute approximate surface area is 111 Å². The van der Waals surface area contributed by atoms with Crippen molar-refractivity contribution in [2.75, 3.05) is 32.8 Å². The summed E-state index contributed by atoms with van der Waals surface area (Å²) in [5.74, 6) is 1.63. The third-order valence-electron chi connectivity index (χ3n) is 4.96. The Balaban J connectivity index is 1.50. The summed E-state index contributed by atoms with van der Waals surface area (Å²) in [4.78, 5) is 2.59. The van der Waals surface area contributed by atoms with E-state index in [0.29, 0.717) is 0 Å². The predicted octanol–water partition coefficient (Wildman–Crippen LogP) is 2.65. The maximum Gasteiger partial charge on any atom is 0.181 e. The van der Waals surface area contributed by atoms with E-state index >= 15 is 0 Å². The van der Waals surface area contributed by atoms with Crippen LogP contribution >= 0.6 is 0 Å². The van der Waals surface area contributed by atoms with Gasteiger partial charge in [-0.1, -0.05) is 19.8 Å². The third-order valence-corrected chi connectivity index (χ3v) is 4.96. The lowest BCUT2D eigenvalue weighted by Crippen LogP contribution is -2.50. The fraction of sp³-hybridized carbons (Fsp3) is 1.00. The molecule has 18 heavy (non-hydrogen) atoms. The van der Waals surface area contributed by atoms with Crippen molar-refractivity contribution in [2.45, 2.75) is 51.2 Å². The van der Waals surface area contributed by atoms with Gasteiger partial charge in [0, 0.05) is 13.0 Å². The highest BCUT2D eigenvalue weighted by Gasteiger charge is 2.41. The van der Waals surface area contributed by atoms with Gasteiger partial charge in [0.2, 0.25) is 0 Å². The molecule has 0 aromatic carbocycles. The van der Waals surface area contributed by atoms with Gasteiger partial charge < -0.3 is 9.47 Å². The Morgan fingerprint density at radius 2 is 1.83 bits per heavy atom. The molecule has 2 aliphatic heterocycles. The number of nitrogens with zero attached hydrogens (tertiary/aromatic N) is 1. The molecule has 3 nitrogen and oxygen atoms in total. The van der Waals surface area contributed by atoms with Gasteiger partial charge in [0.15, 0.2) is 5.79 Å². The molecular weight excluding hydrogens is 226 g/mol. The van der Waals surface area contributed by atoms with Crippen molar-refractivity contribution in [2.24, 2.45) is 11.8 Å². The minimum Gasteiger partial charge on any atom is -0.346 e. The van der Waals surface area contributed by atoms with Gasteiger partial charge in [-0.15, -0.1) is 0 Å². The van der Waals surface area contributed by atoms with E-state index < -0.39 is 0 Å². The van der Waals surface area contributed by atoms with E-state index in [0.717, 1.165) is 38.0 Å². The largest absolute Gasteiger partial charge is 0.346 e. The molecule has 0 atom stereocenters. The monoisotopic (exact) mass is 253 g/mol. The summed E-state index contributed by atoms with van der Waals surface area (Å²) in [6.45, 7) is 7.47. The summed E-state index contributed by atoms with van der Waals surface area (Å²) >= 11 is 0. The molecule has 2 heterocycles. The van der Waals surface area contributed by atoms with E-state index in [1.807, 2.05) is 0 Å². The first-order valence-electron chi connectivity index (χ1n) is 7.76. The van der Waals surface area contributed by atoms with E-state index in [-0.39, 0.29) is 5.79 Å². The van der Waals surface area contributed by atoms with Gasteiger partial charge >= 0.3 is 0 Å². The summed E-state index contributed by atoms with van der Waals surface area (Å²) in [6, 6.07) is 0. The molecule has 104 valence electrons. The van der Waals surface area contributed by atoms with Gasteiger partial charge in [-0.2, -0.15) is 0 Å². The molecule has 1 aliphatic carbocycles. The van der Waals surface area contributed by atoms with Crippen LogP contribution in [-0.2, 0) is 9.47 Å². The Bertz CT molecular complexity index is 268. The smallest absolute Gasteiger partial charge is 0.181 e. The second-order valence-electron chi connectivity index (χ2n) is 6.57. The predicted molar refractivity (Wildman–Crippen MR) is 71.4 cm³/mol. The van der Waals surface area contributed by atoms with Crippen molar-refractivity contribution in [3.05, 3.63) is 0 Å². The van der Waals surface area contributed by atoms with Crippen LogP contribution in [0.3, 0.4) is 0 Å². The molecule has 1 saturated carbocycles. The van der Waals surface area contributed by atoms with Crippen LogP contribution in [0.5, 0.6) is 0 Å². The summed E-state index contributed by atoms with van der Waals surface area (Å²) in [6.07, 6.45) is 8.01. The molecule has 0 amide bonds. The number of hydrogen-bond donors (Lipinski definition) is 0. The number of ether oxygens (including phenoxy) is 2. The molecule has 0 aromatic heterocycles. The van der Waals surface area contributed by atoms with Crippen LogP contribution in [0.25, 0.3) is 0 Å². The first-order chi connectivity index (χ1) is 8.76. The first-order valence-corrected chi connectivity index (χ1v) is 7.76. The number of piperidine rings is 1. The highest BCUT2D eigenvalue weighted by atomic mass is 16.7. The van der Waals surface area contributed by atoms with Gasteiger partial charge in [-0.3, -0.25) is 4.90 Å². The van der Waals surface area contributed by atoms with Crippen molar-refractivity contribution < 1.29 is 9.47 Å². The van der Waals surface area contributed by atoms with Gasteiger partial charge in [0.25, 0.3) is 0 Å². The maximum atomic E-state index is 5.85. The molecule has 3 fully saturated rings. The Hall–Kier alpha value is -0.120. The molecule has 2 saturated heterocycles. The second kappa shape index (κ2) is 5.48. The highest BCUT2D eigenvalue weighted by Crippen LogP contribution is 2.33. The summed E-state index contributed by atoms with van der Waals surface area (Å²) in [5.41, 5.74) is 0. The van der Waals surface area contributed by atoms with Crippen LogP contribution < -0.4 is 0 Å². The Morgan fingerprint density at radius 1 is 1.11 bits per heavy atom. The van der Waals surface area contributed by atoms with E-state index in [9.17, 15) is 0 Å². The van der Waals surface area contributed by atoms with Crippen molar-refractivity contribution in [3.63, 3.8) is 0 Å². The zero-order chi connectivity index (χ0) is 12.4. The van der Waals surface area contributed by atoms with E-state index in [4.69, 9.17) is 9.47 Å². The van der Waals surface area contributed by atoms with Gasteiger partial charge in [0.1, 0.15) is 0 Å². The molecule has 0 N–H and O–H groups in total. The molecule has 1 spiro atoms. The van der Waals surface area contributed by atoms with Crippen LogP contribution in [0, 0.1) is 11.8 Å². The minimum atomic E-state index is -0.236. The summed E-state index contributed by atoms with van der Waals surface area (Å²) < 4.78 is 11.7. The Morgan fingerprint density at radius 3 is 2.56 bits per heavy atom. The van der Waals surface area contributed by atoms with Crippen LogP contribution in [0.4, 0.5) is 0 Å². The second-order valence-corrected chi connectivity index (χ2v) is 6.57. The summed E-state index contributed by atoms with van der Waals surface area (Å²) in [7, 11) is 0. The lowest BCUT2D eigenvalue weighted by molar-refractivity contribution is -0.190. The average molecular weight is 253 g/mol. The molecule has 0 bridgehead atoms. The zero-order valence-corrected chi connectivity index (χ0v) is 11.7. The molecule has 0 aromatic rings. The topological polar surface area (TPSA) is 21.7 Å². The van der Waals surface area contributed by atoms with Crippen molar-refractivity contribution in [1.29, 1.82) is 0 Å². The number of rotatable bonds is 2. The number of likely N-dealkylation sites (tertiary alicyclic amines) is 1. The van der Waals surface area contributed by atoms with Gasteiger partial charge in [-0.05, 0) is 37.6 Å². The molecule has 3 aliphatic rings. The minimum absolute atomic E-state index is 0.236. The zero-order valence-electron chi connectivity index (χ0n) is 11.7. The van der Waals surface area contributed by atoms with Crippen molar-refractivity contribution in [1.82, 2.24) is 4.90 Å². The fourth-order valence-corrected chi connectivity index (χ4v) is 3.84. The van der Waals surface area contributed by atoms with E-state index in [1.54, 1.807) is 0 Å². The van der Waals surface area contributed by atoms with E-state index in [1.165, 1.54) is 45.2 Å². The normalized spacial score (nSPS) is 37.2. The quantitative estimate of drug-likeness (QED) is 0.755. The molecule has 0 radical (unpaired) electrons. The fourth-order valence-electron chi connectivity index (χ4n) is 3.84. The molecule has 3 rings (SSSR count). The van der Waals surface area contributed by atoms with Crippen molar-refractivity contribution in [3.8, 4) is 0 Å². The molecule has 0 unspecified atom stereocenters. The van der Waals surface area contributed by atoms with Gasteiger partial charge in [0.05, 0.1) is 19.8 Å². The van der Waals surface area contributed by atoms with Crippen molar-refractivity contribution >= 4 is 0 Å². The SMILES string of the molecule is CC1CCC(CN2CCCC3(C2)OCCO3)CC1. The number of hydrogen-bond acceptors (Lipinski definition) is 3. The van der Waals surface area contributed by atoms with E-state index in [2.05, 4.69) is 11.8 Å². The highest BCUT2D eigenvalue weighted by molar-refractivity contribution is 4.85. The van der Waals surface area contributed by atoms with Crippen LogP contribution in [0.15, 0.2) is 0 Å². The molecular formula is C15H27NO2. The molecule has 3 heteroatoms. The Kier molecular flexibility index (Phi) is 3.92. The lowest BCUT2D eigenvalue weighted by Gasteiger charge is -2.40. The summed E-state index contributed by atoms with van der Waals surface area (Å²) in [5, 5.41) is 0. The van der Waals surface area contributed by atoms with Crippen LogP contribution in [0.2, 0.25) is 0 Å². The maximum absolute atomic E-state index is 5.85. The average Bonchev–Trinajstić information content (AvgIpc) is 2.80. The van der Waals surface area contributed by atoms with Crippen LogP contribution in [0.1, 0.15) is 45.4 Å². The van der Waals surface area contributed by atoms with Gasteiger partial charge in [-0.25, -0.2) is 0 Å². The third kappa shape index (κ3) is 2.89. The first kappa shape index (κ1) is 12.9. The lowest BCUT2D eigenvalue weighted by atomic mass is 9.82. The standard InChI is InChI=1S/C15H27NO2/c1-13-3-5-14(6-4-13)11-16-8-2-7-15(12-16)17-9-10-18-15/h13-14H,2-12H2,1H3. The van der Waals surface area contributed by atoms with Crippen LogP contribution in [-0.4, -0.2) is 43.5 Å².